The number of hydrazone groups is 1. The molecule has 0 spiro atoms. The van der Waals surface area contributed by atoms with E-state index in [0.717, 1.165) is 5.69 Å². The predicted molar refractivity (Wildman–Crippen MR) is 113 cm³/mol. The van der Waals surface area contributed by atoms with E-state index in [1.807, 2.05) is 30.3 Å². The number of amides is 1. The molecular formula is C22H20N4O4. The summed E-state index contributed by atoms with van der Waals surface area (Å²) in [4.78, 5) is 27.9. The van der Waals surface area contributed by atoms with E-state index < -0.39 is 5.97 Å². The molecule has 0 saturated carbocycles. The van der Waals surface area contributed by atoms with Crippen molar-refractivity contribution >= 4 is 23.8 Å². The monoisotopic (exact) mass is 404 g/mol. The minimum atomic E-state index is -0.541. The second kappa shape index (κ2) is 10.4. The van der Waals surface area contributed by atoms with E-state index in [-0.39, 0.29) is 18.2 Å². The molecule has 0 saturated heterocycles. The van der Waals surface area contributed by atoms with Gasteiger partial charge in [-0.1, -0.05) is 18.2 Å². The summed E-state index contributed by atoms with van der Waals surface area (Å²) < 4.78 is 10.7. The Morgan fingerprint density at radius 1 is 1.07 bits per heavy atom. The lowest BCUT2D eigenvalue weighted by Gasteiger charge is -2.09. The summed E-state index contributed by atoms with van der Waals surface area (Å²) in [6.45, 7) is 0.0912. The van der Waals surface area contributed by atoms with Gasteiger partial charge in [0.2, 0.25) is 0 Å². The number of benzene rings is 2. The van der Waals surface area contributed by atoms with Crippen LogP contribution in [0.15, 0.2) is 78.2 Å². The molecule has 0 aliphatic rings. The maximum Gasteiger partial charge on any atom is 0.345 e. The lowest BCUT2D eigenvalue weighted by Crippen LogP contribution is -2.25. The normalized spacial score (nSPS) is 10.4. The number of hydrogen-bond donors (Lipinski definition) is 2. The first-order chi connectivity index (χ1) is 14.7. The number of methoxy groups -OCH3 is 1. The van der Waals surface area contributed by atoms with E-state index in [0.29, 0.717) is 16.9 Å². The van der Waals surface area contributed by atoms with Crippen LogP contribution in [0.5, 0.6) is 11.5 Å². The van der Waals surface area contributed by atoms with Crippen molar-refractivity contribution in [1.82, 2.24) is 10.4 Å². The van der Waals surface area contributed by atoms with Gasteiger partial charge in [0.15, 0.2) is 11.5 Å². The molecular weight excluding hydrogens is 384 g/mol. The highest BCUT2D eigenvalue weighted by Crippen LogP contribution is 2.28. The number of carbonyl (C=O) groups excluding carboxylic acids is 2. The minimum absolute atomic E-state index is 0.0912. The third kappa shape index (κ3) is 5.90. The zero-order chi connectivity index (χ0) is 21.2. The summed E-state index contributed by atoms with van der Waals surface area (Å²) in [7, 11) is 1.47. The quantitative estimate of drug-likeness (QED) is 0.259. The highest BCUT2D eigenvalue weighted by Gasteiger charge is 2.12. The van der Waals surface area contributed by atoms with Gasteiger partial charge >= 0.3 is 5.97 Å². The fourth-order valence-corrected chi connectivity index (χ4v) is 2.45. The smallest absolute Gasteiger partial charge is 0.345 e. The molecule has 152 valence electrons. The van der Waals surface area contributed by atoms with Crippen LogP contribution in [0, 0.1) is 0 Å². The van der Waals surface area contributed by atoms with Crippen molar-refractivity contribution in [1.29, 1.82) is 0 Å². The molecule has 2 aromatic carbocycles. The Labute approximate surface area is 173 Å². The summed E-state index contributed by atoms with van der Waals surface area (Å²) in [6, 6.07) is 17.6. The molecule has 0 radical (unpaired) electrons. The fraction of sp³-hybridized carbons (Fsp3) is 0.0909. The Balaban J connectivity index is 1.56. The maximum atomic E-state index is 12.2. The molecule has 3 rings (SSSR count). The van der Waals surface area contributed by atoms with Crippen molar-refractivity contribution < 1.29 is 19.1 Å². The molecule has 0 unspecified atom stereocenters. The van der Waals surface area contributed by atoms with E-state index in [9.17, 15) is 9.59 Å². The summed E-state index contributed by atoms with van der Waals surface area (Å²) in [5.74, 6) is -0.210. The highest BCUT2D eigenvalue weighted by atomic mass is 16.6. The van der Waals surface area contributed by atoms with Crippen LogP contribution in [0.4, 0.5) is 5.69 Å². The Bertz CT molecular complexity index is 1020. The Hall–Kier alpha value is -4.20. The van der Waals surface area contributed by atoms with E-state index in [1.165, 1.54) is 19.5 Å². The number of hydrogen-bond acceptors (Lipinski definition) is 7. The molecule has 8 nitrogen and oxygen atoms in total. The SMILES string of the molecule is COc1cc(/C=N\NC(=O)CNc2ccccc2)ccc1OC(=O)c1cccnc1. The predicted octanol–water partition coefficient (Wildman–Crippen LogP) is 2.87. The van der Waals surface area contributed by atoms with Gasteiger partial charge in [-0.05, 0) is 48.0 Å². The highest BCUT2D eigenvalue weighted by molar-refractivity contribution is 5.91. The van der Waals surface area contributed by atoms with Crippen molar-refractivity contribution in [3.05, 3.63) is 84.2 Å². The molecule has 0 aliphatic carbocycles. The van der Waals surface area contributed by atoms with Gasteiger partial charge in [0.1, 0.15) is 0 Å². The van der Waals surface area contributed by atoms with Crippen molar-refractivity contribution in [2.45, 2.75) is 0 Å². The molecule has 0 atom stereocenters. The molecule has 1 aromatic heterocycles. The van der Waals surface area contributed by atoms with E-state index in [1.54, 1.807) is 36.5 Å². The van der Waals surface area contributed by atoms with Crippen LogP contribution < -0.4 is 20.2 Å². The number of pyridine rings is 1. The molecule has 1 amide bonds. The minimum Gasteiger partial charge on any atom is -0.493 e. The second-order valence-corrected chi connectivity index (χ2v) is 6.05. The first-order valence-corrected chi connectivity index (χ1v) is 9.07. The van der Waals surface area contributed by atoms with Crippen LogP contribution in [0.25, 0.3) is 0 Å². The van der Waals surface area contributed by atoms with E-state index >= 15 is 0 Å². The first-order valence-electron chi connectivity index (χ1n) is 9.07. The third-order valence-electron chi connectivity index (χ3n) is 3.92. The zero-order valence-electron chi connectivity index (χ0n) is 16.2. The fourth-order valence-electron chi connectivity index (χ4n) is 2.45. The van der Waals surface area contributed by atoms with Gasteiger partial charge in [-0.15, -0.1) is 0 Å². The molecule has 0 bridgehead atoms. The van der Waals surface area contributed by atoms with Gasteiger partial charge in [-0.2, -0.15) is 5.10 Å². The second-order valence-electron chi connectivity index (χ2n) is 6.05. The lowest BCUT2D eigenvalue weighted by atomic mass is 10.2. The van der Waals surface area contributed by atoms with Crippen molar-refractivity contribution in [3.63, 3.8) is 0 Å². The van der Waals surface area contributed by atoms with Crippen molar-refractivity contribution in [2.24, 2.45) is 5.10 Å². The van der Waals surface area contributed by atoms with Crippen LogP contribution in [0.1, 0.15) is 15.9 Å². The van der Waals surface area contributed by atoms with Crippen LogP contribution in [-0.2, 0) is 4.79 Å². The average molecular weight is 404 g/mol. The van der Waals surface area contributed by atoms with Crippen molar-refractivity contribution in [3.8, 4) is 11.5 Å². The lowest BCUT2D eigenvalue weighted by molar-refractivity contribution is -0.119. The van der Waals surface area contributed by atoms with Crippen LogP contribution in [-0.4, -0.2) is 36.7 Å². The Morgan fingerprint density at radius 2 is 1.90 bits per heavy atom. The van der Waals surface area contributed by atoms with Crippen molar-refractivity contribution in [2.75, 3.05) is 19.0 Å². The standard InChI is InChI=1S/C22H20N4O4/c1-29-20-12-16(9-10-19(20)30-22(28)17-6-5-11-23-14-17)13-25-26-21(27)15-24-18-7-3-2-4-8-18/h2-14,24H,15H2,1H3,(H,26,27)/b25-13-. The van der Waals surface area contributed by atoms with Gasteiger partial charge in [-0.25, -0.2) is 10.2 Å². The van der Waals surface area contributed by atoms with E-state index in [2.05, 4.69) is 20.8 Å². The Morgan fingerprint density at radius 3 is 2.63 bits per heavy atom. The molecule has 30 heavy (non-hydrogen) atoms. The van der Waals surface area contributed by atoms with Gasteiger partial charge in [-0.3, -0.25) is 9.78 Å². The maximum absolute atomic E-state index is 12.2. The number of nitrogens with zero attached hydrogens (tertiary/aromatic N) is 2. The third-order valence-corrected chi connectivity index (χ3v) is 3.92. The first kappa shape index (κ1) is 20.5. The summed E-state index contributed by atoms with van der Waals surface area (Å²) in [5, 5.41) is 6.92. The number of carbonyl (C=O) groups is 2. The zero-order valence-corrected chi connectivity index (χ0v) is 16.2. The number of rotatable bonds is 8. The van der Waals surface area contributed by atoms with E-state index in [4.69, 9.17) is 9.47 Å². The summed E-state index contributed by atoms with van der Waals surface area (Å²) in [6.07, 6.45) is 4.46. The largest absolute Gasteiger partial charge is 0.493 e. The molecule has 8 heteroatoms. The molecule has 1 heterocycles. The van der Waals surface area contributed by atoms with Gasteiger partial charge < -0.3 is 14.8 Å². The van der Waals surface area contributed by atoms with Crippen LogP contribution in [0.2, 0.25) is 0 Å². The van der Waals surface area contributed by atoms with Gasteiger partial charge in [0, 0.05) is 18.1 Å². The number of esters is 1. The number of ether oxygens (including phenoxy) is 2. The Kier molecular flexibility index (Phi) is 7.10. The summed E-state index contributed by atoms with van der Waals surface area (Å²) >= 11 is 0. The van der Waals surface area contributed by atoms with Gasteiger partial charge in [0.25, 0.3) is 5.91 Å². The number of para-hydroxylation sites is 1. The topological polar surface area (TPSA) is 102 Å². The number of anilines is 1. The molecule has 0 fully saturated rings. The average Bonchev–Trinajstić information content (AvgIpc) is 2.79. The number of aromatic nitrogens is 1. The molecule has 0 aliphatic heterocycles. The summed E-state index contributed by atoms with van der Waals surface area (Å²) in [5.41, 5.74) is 4.27. The number of nitrogens with one attached hydrogen (secondary N) is 2. The van der Waals surface area contributed by atoms with Crippen LogP contribution in [0.3, 0.4) is 0 Å². The molecule has 2 N–H and O–H groups in total. The van der Waals surface area contributed by atoms with Gasteiger partial charge in [0.05, 0.1) is 25.4 Å². The molecule has 3 aromatic rings. The van der Waals surface area contributed by atoms with Crippen LogP contribution >= 0.6 is 0 Å².